The highest BCUT2D eigenvalue weighted by molar-refractivity contribution is 5.91. The second kappa shape index (κ2) is 7.12. The van der Waals surface area contributed by atoms with Gasteiger partial charge in [0, 0.05) is 25.1 Å². The van der Waals surface area contributed by atoms with E-state index in [-0.39, 0.29) is 5.91 Å². The molecule has 0 radical (unpaired) electrons. The molecule has 3 rings (SSSR count). The molecule has 1 aliphatic heterocycles. The third-order valence-corrected chi connectivity index (χ3v) is 4.19. The van der Waals surface area contributed by atoms with Gasteiger partial charge in [0.1, 0.15) is 5.76 Å². The highest BCUT2D eigenvalue weighted by Crippen LogP contribution is 2.26. The molecule has 0 saturated carbocycles. The fourth-order valence-electron chi connectivity index (χ4n) is 2.98. The van der Waals surface area contributed by atoms with Gasteiger partial charge in [-0.15, -0.1) is 0 Å². The molecule has 1 unspecified atom stereocenters. The Morgan fingerprint density at radius 3 is 2.77 bits per heavy atom. The van der Waals surface area contributed by atoms with Crippen LogP contribution in [0.15, 0.2) is 59.2 Å². The standard InChI is InChI=1S/C19H21NO2/c21-19(12-11-18-10-6-14-22-18)20-13-5-4-9-17(15-20)16-7-2-1-3-8-16/h1-3,6-8,10-12,14,17H,4-5,9,13,15H2/b12-11+. The van der Waals surface area contributed by atoms with Crippen LogP contribution >= 0.6 is 0 Å². The van der Waals surface area contributed by atoms with Crippen LogP contribution in [0.1, 0.15) is 36.5 Å². The minimum absolute atomic E-state index is 0.0687. The molecule has 3 heteroatoms. The lowest BCUT2D eigenvalue weighted by atomic mass is 9.94. The Morgan fingerprint density at radius 1 is 1.14 bits per heavy atom. The average Bonchev–Trinajstić information content (AvgIpc) is 2.96. The van der Waals surface area contributed by atoms with Crippen LogP contribution in [-0.2, 0) is 4.79 Å². The minimum atomic E-state index is 0.0687. The van der Waals surface area contributed by atoms with E-state index in [0.717, 1.165) is 25.9 Å². The van der Waals surface area contributed by atoms with Crippen LogP contribution in [0.25, 0.3) is 6.08 Å². The Kier molecular flexibility index (Phi) is 4.74. The Balaban J connectivity index is 1.68. The Hall–Kier alpha value is -2.29. The van der Waals surface area contributed by atoms with Crippen molar-refractivity contribution in [3.8, 4) is 0 Å². The zero-order chi connectivity index (χ0) is 15.2. The molecule has 1 aliphatic rings. The largest absolute Gasteiger partial charge is 0.465 e. The first-order chi connectivity index (χ1) is 10.8. The van der Waals surface area contributed by atoms with Gasteiger partial charge in [-0.25, -0.2) is 0 Å². The summed E-state index contributed by atoms with van der Waals surface area (Å²) in [7, 11) is 0. The van der Waals surface area contributed by atoms with Crippen LogP contribution in [0.2, 0.25) is 0 Å². The van der Waals surface area contributed by atoms with Crippen molar-refractivity contribution in [3.63, 3.8) is 0 Å². The van der Waals surface area contributed by atoms with E-state index in [0.29, 0.717) is 11.7 Å². The van der Waals surface area contributed by atoms with E-state index in [1.165, 1.54) is 12.0 Å². The molecule has 1 aromatic carbocycles. The van der Waals surface area contributed by atoms with E-state index in [1.807, 2.05) is 23.1 Å². The molecule has 1 fully saturated rings. The summed E-state index contributed by atoms with van der Waals surface area (Å²) in [4.78, 5) is 14.4. The number of benzene rings is 1. The average molecular weight is 295 g/mol. The van der Waals surface area contributed by atoms with Gasteiger partial charge < -0.3 is 9.32 Å². The molecule has 1 aromatic heterocycles. The maximum Gasteiger partial charge on any atom is 0.246 e. The molecule has 0 aliphatic carbocycles. The molecule has 2 heterocycles. The first kappa shape index (κ1) is 14.6. The minimum Gasteiger partial charge on any atom is -0.465 e. The molecule has 3 nitrogen and oxygen atoms in total. The Morgan fingerprint density at radius 2 is 2.00 bits per heavy atom. The van der Waals surface area contributed by atoms with E-state index in [4.69, 9.17) is 4.42 Å². The molecule has 22 heavy (non-hydrogen) atoms. The van der Waals surface area contributed by atoms with Gasteiger partial charge >= 0.3 is 0 Å². The topological polar surface area (TPSA) is 33.5 Å². The first-order valence-electron chi connectivity index (χ1n) is 7.88. The fraction of sp³-hybridized carbons (Fsp3) is 0.316. The van der Waals surface area contributed by atoms with Gasteiger partial charge in [-0.2, -0.15) is 0 Å². The maximum absolute atomic E-state index is 12.4. The number of amides is 1. The van der Waals surface area contributed by atoms with Crippen molar-refractivity contribution in [2.45, 2.75) is 25.2 Å². The second-order valence-corrected chi connectivity index (χ2v) is 5.74. The number of furan rings is 1. The molecular weight excluding hydrogens is 274 g/mol. The smallest absolute Gasteiger partial charge is 0.246 e. The summed E-state index contributed by atoms with van der Waals surface area (Å²) in [5.41, 5.74) is 1.33. The summed E-state index contributed by atoms with van der Waals surface area (Å²) in [5.74, 6) is 1.21. The van der Waals surface area contributed by atoms with Gasteiger partial charge in [0.15, 0.2) is 0 Å². The third-order valence-electron chi connectivity index (χ3n) is 4.19. The first-order valence-corrected chi connectivity index (χ1v) is 7.88. The highest BCUT2D eigenvalue weighted by atomic mass is 16.3. The number of carbonyl (C=O) groups excluding carboxylic acids is 1. The second-order valence-electron chi connectivity index (χ2n) is 5.74. The van der Waals surface area contributed by atoms with Crippen molar-refractivity contribution in [2.75, 3.05) is 13.1 Å². The van der Waals surface area contributed by atoms with E-state index in [9.17, 15) is 4.79 Å². The van der Waals surface area contributed by atoms with Crippen LogP contribution in [0.5, 0.6) is 0 Å². The molecule has 1 amide bonds. The predicted octanol–water partition coefficient (Wildman–Crippen LogP) is 4.09. The quantitative estimate of drug-likeness (QED) is 0.799. The van der Waals surface area contributed by atoms with Crippen molar-refractivity contribution >= 4 is 12.0 Å². The van der Waals surface area contributed by atoms with Crippen molar-refractivity contribution in [2.24, 2.45) is 0 Å². The summed E-state index contributed by atoms with van der Waals surface area (Å²) < 4.78 is 5.23. The lowest BCUT2D eigenvalue weighted by Gasteiger charge is -2.23. The maximum atomic E-state index is 12.4. The SMILES string of the molecule is O=C(/C=C/c1ccco1)N1CCCCC(c2ccccc2)C1. The van der Waals surface area contributed by atoms with Crippen molar-refractivity contribution in [1.82, 2.24) is 4.90 Å². The van der Waals surface area contributed by atoms with Gasteiger partial charge in [0.25, 0.3) is 0 Å². The molecule has 0 N–H and O–H groups in total. The zero-order valence-electron chi connectivity index (χ0n) is 12.7. The van der Waals surface area contributed by atoms with Crippen LogP contribution < -0.4 is 0 Å². The Bertz CT molecular complexity index is 616. The highest BCUT2D eigenvalue weighted by Gasteiger charge is 2.21. The molecule has 114 valence electrons. The molecule has 0 bridgehead atoms. The lowest BCUT2D eigenvalue weighted by Crippen LogP contribution is -2.32. The van der Waals surface area contributed by atoms with Crippen LogP contribution in [0.3, 0.4) is 0 Å². The predicted molar refractivity (Wildman–Crippen MR) is 87.4 cm³/mol. The number of hydrogen-bond donors (Lipinski definition) is 0. The number of carbonyl (C=O) groups is 1. The van der Waals surface area contributed by atoms with Gasteiger partial charge in [-0.1, -0.05) is 36.8 Å². The van der Waals surface area contributed by atoms with Crippen molar-refractivity contribution in [3.05, 3.63) is 66.1 Å². The Labute approximate surface area is 131 Å². The van der Waals surface area contributed by atoms with Gasteiger partial charge in [-0.3, -0.25) is 4.79 Å². The van der Waals surface area contributed by atoms with Crippen molar-refractivity contribution in [1.29, 1.82) is 0 Å². The number of nitrogens with zero attached hydrogens (tertiary/aromatic N) is 1. The van der Waals surface area contributed by atoms with Gasteiger partial charge in [0.05, 0.1) is 6.26 Å². The van der Waals surface area contributed by atoms with Crippen LogP contribution in [0.4, 0.5) is 0 Å². The normalized spacial score (nSPS) is 19.3. The van der Waals surface area contributed by atoms with Crippen molar-refractivity contribution < 1.29 is 9.21 Å². The summed E-state index contributed by atoms with van der Waals surface area (Å²) in [5, 5.41) is 0. The van der Waals surface area contributed by atoms with Crippen LogP contribution in [-0.4, -0.2) is 23.9 Å². The summed E-state index contributed by atoms with van der Waals surface area (Å²) in [6.07, 6.45) is 8.36. The molecule has 1 saturated heterocycles. The molecular formula is C19H21NO2. The number of hydrogen-bond acceptors (Lipinski definition) is 2. The van der Waals surface area contributed by atoms with E-state index in [2.05, 4.69) is 24.3 Å². The monoisotopic (exact) mass is 295 g/mol. The molecule has 2 aromatic rings. The molecule has 1 atom stereocenters. The zero-order valence-corrected chi connectivity index (χ0v) is 12.7. The number of likely N-dealkylation sites (tertiary alicyclic amines) is 1. The van der Waals surface area contributed by atoms with Crippen LogP contribution in [0, 0.1) is 0 Å². The summed E-state index contributed by atoms with van der Waals surface area (Å²) >= 11 is 0. The summed E-state index contributed by atoms with van der Waals surface area (Å²) in [6, 6.07) is 14.2. The van der Waals surface area contributed by atoms with Gasteiger partial charge in [-0.05, 0) is 36.6 Å². The fourth-order valence-corrected chi connectivity index (χ4v) is 2.98. The van der Waals surface area contributed by atoms with E-state index in [1.54, 1.807) is 18.4 Å². The van der Waals surface area contributed by atoms with Gasteiger partial charge in [0.2, 0.25) is 5.91 Å². The van der Waals surface area contributed by atoms with E-state index < -0.39 is 0 Å². The summed E-state index contributed by atoms with van der Waals surface area (Å²) in [6.45, 7) is 1.63. The third kappa shape index (κ3) is 3.67. The molecule has 0 spiro atoms. The van der Waals surface area contributed by atoms with E-state index >= 15 is 0 Å². The number of rotatable bonds is 3. The lowest BCUT2D eigenvalue weighted by molar-refractivity contribution is -0.126.